The third-order valence-corrected chi connectivity index (χ3v) is 6.78. The molecule has 7 heteroatoms. The van der Waals surface area contributed by atoms with E-state index in [9.17, 15) is 13.2 Å². The second-order valence-electron chi connectivity index (χ2n) is 6.88. The third-order valence-electron chi connectivity index (χ3n) is 4.86. The lowest BCUT2D eigenvalue weighted by atomic mass is 10.0. The minimum Gasteiger partial charge on any atom is -0.385 e. The normalized spacial score (nSPS) is 17.8. The van der Waals surface area contributed by atoms with Crippen molar-refractivity contribution in [2.75, 3.05) is 25.0 Å². The molecule has 150 valence electrons. The van der Waals surface area contributed by atoms with E-state index in [1.807, 2.05) is 30.3 Å². The van der Waals surface area contributed by atoms with Gasteiger partial charge < -0.3 is 10.6 Å². The summed E-state index contributed by atoms with van der Waals surface area (Å²) in [5.74, 6) is -0.209. The van der Waals surface area contributed by atoms with E-state index in [0.29, 0.717) is 19.5 Å². The van der Waals surface area contributed by atoms with Crippen molar-refractivity contribution < 1.29 is 13.2 Å². The molecule has 2 aromatic rings. The van der Waals surface area contributed by atoms with Gasteiger partial charge in [-0.1, -0.05) is 42.8 Å². The number of carbonyl (C=O) groups excluding carboxylic acids is 1. The molecule has 0 saturated carbocycles. The highest BCUT2D eigenvalue weighted by molar-refractivity contribution is 7.89. The Bertz CT molecular complexity index is 857. The first kappa shape index (κ1) is 20.4. The molecule has 0 spiro atoms. The van der Waals surface area contributed by atoms with Crippen LogP contribution >= 0.6 is 0 Å². The van der Waals surface area contributed by atoms with Crippen molar-refractivity contribution in [2.24, 2.45) is 0 Å². The summed E-state index contributed by atoms with van der Waals surface area (Å²) >= 11 is 0. The molecule has 1 unspecified atom stereocenters. The number of sulfonamides is 1. The summed E-state index contributed by atoms with van der Waals surface area (Å²) in [5, 5.41) is 6.20. The van der Waals surface area contributed by atoms with Crippen LogP contribution in [0.4, 0.5) is 5.69 Å². The number of anilines is 1. The highest BCUT2D eigenvalue weighted by atomic mass is 32.2. The molecule has 6 nitrogen and oxygen atoms in total. The third kappa shape index (κ3) is 5.11. The number of hydrogen-bond donors (Lipinski definition) is 2. The Morgan fingerprint density at radius 3 is 2.36 bits per heavy atom. The number of para-hydroxylation sites is 1. The standard InChI is InChI=1S/C21H27N3O3S/c25-21(23-16-9-15-22-18-10-3-1-4-11-18)20-14-7-8-17-24(20)28(26,27)19-12-5-2-6-13-19/h1-6,10-13,20,22H,7-9,14-17H2,(H,23,25). The highest BCUT2D eigenvalue weighted by Crippen LogP contribution is 2.25. The van der Waals surface area contributed by atoms with Crippen LogP contribution < -0.4 is 10.6 Å². The Hall–Kier alpha value is -2.38. The molecule has 1 heterocycles. The van der Waals surface area contributed by atoms with Gasteiger partial charge in [0.25, 0.3) is 0 Å². The van der Waals surface area contributed by atoms with E-state index >= 15 is 0 Å². The number of rotatable bonds is 8. The summed E-state index contributed by atoms with van der Waals surface area (Å²) in [4.78, 5) is 12.9. The van der Waals surface area contributed by atoms with Gasteiger partial charge in [-0.05, 0) is 43.5 Å². The van der Waals surface area contributed by atoms with Gasteiger partial charge in [0, 0.05) is 25.3 Å². The van der Waals surface area contributed by atoms with Crippen molar-refractivity contribution in [3.05, 3.63) is 60.7 Å². The fraction of sp³-hybridized carbons (Fsp3) is 0.381. The van der Waals surface area contributed by atoms with Crippen molar-refractivity contribution in [1.82, 2.24) is 9.62 Å². The molecular weight excluding hydrogens is 374 g/mol. The van der Waals surface area contributed by atoms with Crippen LogP contribution in [0.25, 0.3) is 0 Å². The molecule has 1 aliphatic heterocycles. The molecule has 1 saturated heterocycles. The lowest BCUT2D eigenvalue weighted by Gasteiger charge is -2.33. The molecule has 1 aliphatic rings. The Kier molecular flexibility index (Phi) is 7.06. The second kappa shape index (κ2) is 9.71. The molecule has 1 atom stereocenters. The topological polar surface area (TPSA) is 78.5 Å². The van der Waals surface area contributed by atoms with Gasteiger partial charge in [0.2, 0.25) is 15.9 Å². The van der Waals surface area contributed by atoms with Gasteiger partial charge in [0.05, 0.1) is 4.90 Å². The van der Waals surface area contributed by atoms with Gasteiger partial charge in [0.15, 0.2) is 0 Å². The van der Waals surface area contributed by atoms with Crippen molar-refractivity contribution in [1.29, 1.82) is 0 Å². The van der Waals surface area contributed by atoms with E-state index in [4.69, 9.17) is 0 Å². The first-order valence-electron chi connectivity index (χ1n) is 9.72. The van der Waals surface area contributed by atoms with Crippen LogP contribution in [-0.2, 0) is 14.8 Å². The summed E-state index contributed by atoms with van der Waals surface area (Å²) in [6.45, 7) is 1.63. The molecule has 0 bridgehead atoms. The smallest absolute Gasteiger partial charge is 0.243 e. The van der Waals surface area contributed by atoms with Crippen LogP contribution in [0.5, 0.6) is 0 Å². The Morgan fingerprint density at radius 1 is 0.964 bits per heavy atom. The fourth-order valence-electron chi connectivity index (χ4n) is 3.39. The molecular formula is C21H27N3O3S. The minimum atomic E-state index is -3.67. The summed E-state index contributed by atoms with van der Waals surface area (Å²) in [6, 6.07) is 17.6. The first-order chi connectivity index (χ1) is 13.6. The zero-order valence-corrected chi connectivity index (χ0v) is 16.7. The Morgan fingerprint density at radius 2 is 1.64 bits per heavy atom. The number of nitrogens with zero attached hydrogens (tertiary/aromatic N) is 1. The second-order valence-corrected chi connectivity index (χ2v) is 8.77. The van der Waals surface area contributed by atoms with Crippen LogP contribution in [-0.4, -0.2) is 44.3 Å². The summed E-state index contributed by atoms with van der Waals surface area (Å²) < 4.78 is 27.3. The van der Waals surface area contributed by atoms with Crippen LogP contribution in [0.3, 0.4) is 0 Å². The van der Waals surface area contributed by atoms with Gasteiger partial charge in [-0.3, -0.25) is 4.79 Å². The van der Waals surface area contributed by atoms with Crippen LogP contribution in [0.15, 0.2) is 65.6 Å². The predicted molar refractivity (Wildman–Crippen MR) is 111 cm³/mol. The van der Waals surface area contributed by atoms with E-state index < -0.39 is 16.1 Å². The van der Waals surface area contributed by atoms with Crippen LogP contribution in [0.2, 0.25) is 0 Å². The maximum absolute atomic E-state index is 13.0. The number of amides is 1. The van der Waals surface area contributed by atoms with Gasteiger partial charge in [-0.25, -0.2) is 8.42 Å². The van der Waals surface area contributed by atoms with E-state index in [0.717, 1.165) is 31.5 Å². The Labute approximate surface area is 167 Å². The van der Waals surface area contributed by atoms with Gasteiger partial charge >= 0.3 is 0 Å². The maximum atomic E-state index is 13.0. The molecule has 1 amide bonds. The number of hydrogen-bond acceptors (Lipinski definition) is 4. The summed E-state index contributed by atoms with van der Waals surface area (Å²) in [6.07, 6.45) is 2.95. The summed E-state index contributed by atoms with van der Waals surface area (Å²) in [7, 11) is -3.67. The van der Waals surface area contributed by atoms with Crippen molar-refractivity contribution in [3.63, 3.8) is 0 Å². The molecule has 1 fully saturated rings. The van der Waals surface area contributed by atoms with Gasteiger partial charge in [0.1, 0.15) is 6.04 Å². The minimum absolute atomic E-state index is 0.209. The lowest BCUT2D eigenvalue weighted by Crippen LogP contribution is -2.52. The molecule has 0 aliphatic carbocycles. The number of nitrogens with one attached hydrogen (secondary N) is 2. The molecule has 28 heavy (non-hydrogen) atoms. The van der Waals surface area contributed by atoms with Crippen LogP contribution in [0.1, 0.15) is 25.7 Å². The molecule has 2 N–H and O–H groups in total. The first-order valence-corrected chi connectivity index (χ1v) is 11.2. The van der Waals surface area contributed by atoms with Gasteiger partial charge in [-0.2, -0.15) is 4.31 Å². The van der Waals surface area contributed by atoms with E-state index in [2.05, 4.69) is 10.6 Å². The number of piperidine rings is 1. The number of benzene rings is 2. The Balaban J connectivity index is 1.54. The average molecular weight is 402 g/mol. The molecule has 3 rings (SSSR count). The van der Waals surface area contributed by atoms with E-state index in [1.54, 1.807) is 30.3 Å². The summed E-state index contributed by atoms with van der Waals surface area (Å²) in [5.41, 5.74) is 1.04. The predicted octanol–water partition coefficient (Wildman–Crippen LogP) is 2.85. The lowest BCUT2D eigenvalue weighted by molar-refractivity contribution is -0.125. The average Bonchev–Trinajstić information content (AvgIpc) is 2.75. The SMILES string of the molecule is O=C(NCCCNc1ccccc1)C1CCCCN1S(=O)(=O)c1ccccc1. The zero-order chi connectivity index (χ0) is 19.8. The monoisotopic (exact) mass is 401 g/mol. The van der Waals surface area contributed by atoms with Crippen LogP contribution in [0, 0.1) is 0 Å². The van der Waals surface area contributed by atoms with Crippen molar-refractivity contribution in [2.45, 2.75) is 36.6 Å². The highest BCUT2D eigenvalue weighted by Gasteiger charge is 2.37. The number of carbonyl (C=O) groups is 1. The fourth-order valence-corrected chi connectivity index (χ4v) is 5.07. The van der Waals surface area contributed by atoms with Gasteiger partial charge in [-0.15, -0.1) is 0 Å². The molecule has 0 radical (unpaired) electrons. The van der Waals surface area contributed by atoms with Crippen molar-refractivity contribution in [3.8, 4) is 0 Å². The van der Waals surface area contributed by atoms with Crippen molar-refractivity contribution >= 4 is 21.6 Å². The largest absolute Gasteiger partial charge is 0.385 e. The van der Waals surface area contributed by atoms with E-state index in [1.165, 1.54) is 4.31 Å². The van der Waals surface area contributed by atoms with E-state index in [-0.39, 0.29) is 10.8 Å². The molecule has 0 aromatic heterocycles. The zero-order valence-electron chi connectivity index (χ0n) is 15.9. The maximum Gasteiger partial charge on any atom is 0.243 e. The quantitative estimate of drug-likeness (QED) is 0.667. The molecule has 2 aromatic carbocycles.